The summed E-state index contributed by atoms with van der Waals surface area (Å²) in [5, 5.41) is 0. The Balaban J connectivity index is 1.88. The Morgan fingerprint density at radius 1 is 1.43 bits per heavy atom. The highest BCUT2D eigenvalue weighted by molar-refractivity contribution is 7.74. The Hall–Kier alpha value is -0.760. The standard InChI is InChI=1S/C14H22O6S/c1-9(2)13(15)18-6-7-19-14(3)11-5-4-10(8-11)12(14)20-21(16)17/h10-12H,1,4-8H2,2-3H3,(H,16,17). The Morgan fingerprint density at radius 2 is 2.14 bits per heavy atom. The van der Waals surface area contributed by atoms with E-state index in [0.29, 0.717) is 11.5 Å². The van der Waals surface area contributed by atoms with E-state index in [1.54, 1.807) is 6.92 Å². The third kappa shape index (κ3) is 3.53. The summed E-state index contributed by atoms with van der Waals surface area (Å²) in [6.07, 6.45) is 2.59. The van der Waals surface area contributed by atoms with E-state index < -0.39 is 22.9 Å². The Morgan fingerprint density at radius 3 is 2.76 bits per heavy atom. The van der Waals surface area contributed by atoms with Crippen molar-refractivity contribution in [1.82, 2.24) is 0 Å². The molecule has 1 N–H and O–H groups in total. The highest BCUT2D eigenvalue weighted by atomic mass is 32.2. The van der Waals surface area contributed by atoms with Crippen molar-refractivity contribution in [3.8, 4) is 0 Å². The van der Waals surface area contributed by atoms with Crippen LogP contribution >= 0.6 is 0 Å². The maximum Gasteiger partial charge on any atom is 0.333 e. The SMILES string of the molecule is C=C(C)C(=O)OCCOC1(C)C2CCC(C2)C1OS(=O)O. The van der Waals surface area contributed by atoms with Crippen LogP contribution in [0.3, 0.4) is 0 Å². The molecule has 0 amide bonds. The molecule has 0 saturated heterocycles. The van der Waals surface area contributed by atoms with Gasteiger partial charge in [0.05, 0.1) is 12.2 Å². The van der Waals surface area contributed by atoms with Gasteiger partial charge in [0.25, 0.3) is 0 Å². The van der Waals surface area contributed by atoms with Crippen LogP contribution < -0.4 is 0 Å². The van der Waals surface area contributed by atoms with Crippen molar-refractivity contribution in [2.75, 3.05) is 13.2 Å². The van der Waals surface area contributed by atoms with Crippen LogP contribution in [0.5, 0.6) is 0 Å². The first-order chi connectivity index (χ1) is 9.84. The van der Waals surface area contributed by atoms with E-state index >= 15 is 0 Å². The zero-order valence-corrected chi connectivity index (χ0v) is 13.2. The number of ether oxygens (including phenoxy) is 2. The van der Waals surface area contributed by atoms with Crippen LogP contribution in [0.25, 0.3) is 0 Å². The monoisotopic (exact) mass is 318 g/mol. The summed E-state index contributed by atoms with van der Waals surface area (Å²) in [4.78, 5) is 11.3. The van der Waals surface area contributed by atoms with E-state index in [1.165, 1.54) is 0 Å². The van der Waals surface area contributed by atoms with Gasteiger partial charge in [0.1, 0.15) is 12.7 Å². The van der Waals surface area contributed by atoms with Gasteiger partial charge in [-0.2, -0.15) is 4.21 Å². The first-order valence-electron chi connectivity index (χ1n) is 7.09. The molecule has 2 saturated carbocycles. The molecule has 0 aliphatic heterocycles. The molecule has 6 nitrogen and oxygen atoms in total. The van der Waals surface area contributed by atoms with Gasteiger partial charge < -0.3 is 9.47 Å². The lowest BCUT2D eigenvalue weighted by Gasteiger charge is -2.39. The molecule has 2 rings (SSSR count). The quantitative estimate of drug-likeness (QED) is 0.334. The zero-order valence-electron chi connectivity index (χ0n) is 12.4. The number of carbonyl (C=O) groups excluding carboxylic acids is 1. The van der Waals surface area contributed by atoms with Gasteiger partial charge in [-0.05, 0) is 44.9 Å². The van der Waals surface area contributed by atoms with Crippen molar-refractivity contribution in [2.45, 2.75) is 44.8 Å². The highest BCUT2D eigenvalue weighted by Crippen LogP contribution is 2.53. The minimum atomic E-state index is -2.30. The highest BCUT2D eigenvalue weighted by Gasteiger charge is 2.58. The third-order valence-corrected chi connectivity index (χ3v) is 4.91. The Bertz CT molecular complexity index is 451. The maximum atomic E-state index is 11.3. The number of esters is 1. The molecule has 21 heavy (non-hydrogen) atoms. The van der Waals surface area contributed by atoms with E-state index in [-0.39, 0.29) is 25.2 Å². The summed E-state index contributed by atoms with van der Waals surface area (Å²) in [5.41, 5.74) is -0.255. The average molecular weight is 318 g/mol. The second kappa shape index (κ2) is 6.56. The van der Waals surface area contributed by atoms with Gasteiger partial charge in [-0.15, -0.1) is 0 Å². The molecule has 5 unspecified atom stereocenters. The molecule has 120 valence electrons. The summed E-state index contributed by atoms with van der Waals surface area (Å²) in [6.45, 7) is 7.36. The van der Waals surface area contributed by atoms with Crippen molar-refractivity contribution in [1.29, 1.82) is 0 Å². The van der Waals surface area contributed by atoms with Crippen molar-refractivity contribution in [3.63, 3.8) is 0 Å². The number of fused-ring (bicyclic) bond motifs is 2. The van der Waals surface area contributed by atoms with Crippen molar-refractivity contribution in [2.24, 2.45) is 11.8 Å². The number of hydrogen-bond acceptors (Lipinski definition) is 5. The van der Waals surface area contributed by atoms with E-state index in [0.717, 1.165) is 19.3 Å². The average Bonchev–Trinajstić information content (AvgIpc) is 2.97. The fourth-order valence-corrected chi connectivity index (χ4v) is 4.02. The fraction of sp³-hybridized carbons (Fsp3) is 0.786. The summed E-state index contributed by atoms with van der Waals surface area (Å²) in [6, 6.07) is 0. The fourth-order valence-electron chi connectivity index (χ4n) is 3.49. The van der Waals surface area contributed by atoms with E-state index in [2.05, 4.69) is 6.58 Å². The molecule has 0 aromatic heterocycles. The maximum absolute atomic E-state index is 11.3. The molecular weight excluding hydrogens is 296 g/mol. The molecule has 2 fully saturated rings. The summed E-state index contributed by atoms with van der Waals surface area (Å²) >= 11 is -2.30. The van der Waals surface area contributed by atoms with Crippen LogP contribution in [0.1, 0.15) is 33.1 Å². The van der Waals surface area contributed by atoms with Crippen LogP contribution in [-0.2, 0) is 29.8 Å². The van der Waals surface area contributed by atoms with Gasteiger partial charge in [-0.25, -0.2) is 4.79 Å². The second-order valence-electron chi connectivity index (χ2n) is 5.95. The lowest BCUT2D eigenvalue weighted by molar-refractivity contribution is -0.153. The molecule has 5 atom stereocenters. The van der Waals surface area contributed by atoms with E-state index in [1.807, 2.05) is 6.92 Å². The van der Waals surface area contributed by atoms with E-state index in [4.69, 9.17) is 18.2 Å². The normalized spacial score (nSPS) is 35.7. The Kier molecular flexibility index (Phi) is 5.19. The van der Waals surface area contributed by atoms with E-state index in [9.17, 15) is 9.00 Å². The Labute approximate surface area is 127 Å². The number of rotatable bonds is 7. The number of carbonyl (C=O) groups is 1. The van der Waals surface area contributed by atoms with Gasteiger partial charge in [0, 0.05) is 5.57 Å². The molecule has 2 aliphatic rings. The topological polar surface area (TPSA) is 82.1 Å². The minimum absolute atomic E-state index is 0.133. The molecule has 2 aliphatic carbocycles. The molecule has 0 spiro atoms. The third-order valence-electron chi connectivity index (χ3n) is 4.54. The lowest BCUT2D eigenvalue weighted by Crippen LogP contribution is -2.49. The van der Waals surface area contributed by atoms with Gasteiger partial charge in [-0.3, -0.25) is 8.74 Å². The van der Waals surface area contributed by atoms with Crippen molar-refractivity contribution >= 4 is 17.3 Å². The largest absolute Gasteiger partial charge is 0.460 e. The van der Waals surface area contributed by atoms with Crippen LogP contribution in [0.15, 0.2) is 12.2 Å². The van der Waals surface area contributed by atoms with Crippen molar-refractivity contribution < 1.29 is 27.2 Å². The first-order valence-corrected chi connectivity index (χ1v) is 8.12. The lowest BCUT2D eigenvalue weighted by atomic mass is 9.83. The van der Waals surface area contributed by atoms with Gasteiger partial charge >= 0.3 is 17.3 Å². The molecule has 0 radical (unpaired) electrons. The summed E-state index contributed by atoms with van der Waals surface area (Å²) < 4.78 is 36.0. The van der Waals surface area contributed by atoms with Crippen LogP contribution in [0.4, 0.5) is 0 Å². The molecule has 0 aromatic carbocycles. The molecular formula is C14H22O6S. The van der Waals surface area contributed by atoms with Crippen LogP contribution in [0, 0.1) is 11.8 Å². The summed E-state index contributed by atoms with van der Waals surface area (Å²) in [7, 11) is 0. The predicted octanol–water partition coefficient (Wildman–Crippen LogP) is 1.83. The second-order valence-corrected chi connectivity index (χ2v) is 6.58. The smallest absolute Gasteiger partial charge is 0.333 e. The zero-order chi connectivity index (χ0) is 15.6. The van der Waals surface area contributed by atoms with Crippen molar-refractivity contribution in [3.05, 3.63) is 12.2 Å². The molecule has 2 bridgehead atoms. The number of hydrogen-bond donors (Lipinski definition) is 1. The minimum Gasteiger partial charge on any atom is -0.460 e. The van der Waals surface area contributed by atoms with Crippen LogP contribution in [-0.4, -0.2) is 39.6 Å². The first kappa shape index (κ1) is 16.6. The molecule has 7 heteroatoms. The molecule has 0 heterocycles. The summed E-state index contributed by atoms with van der Waals surface area (Å²) in [5.74, 6) is 0.128. The predicted molar refractivity (Wildman–Crippen MR) is 76.6 cm³/mol. The molecule has 0 aromatic rings. The van der Waals surface area contributed by atoms with Gasteiger partial charge in [-0.1, -0.05) is 6.58 Å². The van der Waals surface area contributed by atoms with Gasteiger partial charge in [0.15, 0.2) is 0 Å². The van der Waals surface area contributed by atoms with Gasteiger partial charge in [0.2, 0.25) is 0 Å². The van der Waals surface area contributed by atoms with Crippen LogP contribution in [0.2, 0.25) is 0 Å².